The van der Waals surface area contributed by atoms with Crippen LogP contribution in [0.1, 0.15) is 5.56 Å². The zero-order valence-electron chi connectivity index (χ0n) is 12.8. The maximum absolute atomic E-state index is 12.7. The van der Waals surface area contributed by atoms with Crippen molar-refractivity contribution >= 4 is 21.9 Å². The summed E-state index contributed by atoms with van der Waals surface area (Å²) < 4.78 is 5.52. The summed E-state index contributed by atoms with van der Waals surface area (Å²) in [7, 11) is 0. The molecule has 0 aliphatic heterocycles. The van der Waals surface area contributed by atoms with Gasteiger partial charge in [-0.2, -0.15) is 5.26 Å². The van der Waals surface area contributed by atoms with E-state index in [9.17, 15) is 15.2 Å². The predicted molar refractivity (Wildman–Crippen MR) is 92.0 cm³/mol. The highest BCUT2D eigenvalue weighted by molar-refractivity contribution is 6.08. The lowest BCUT2D eigenvalue weighted by molar-refractivity contribution is 0.477. The summed E-state index contributed by atoms with van der Waals surface area (Å²) in [5, 5.41) is 28.5. The minimum absolute atomic E-state index is 0.0848. The lowest BCUT2D eigenvalue weighted by Crippen LogP contribution is -2.14. The number of pyridine rings is 1. The van der Waals surface area contributed by atoms with Crippen LogP contribution in [0.25, 0.3) is 33.0 Å². The summed E-state index contributed by atoms with van der Waals surface area (Å²) >= 11 is 0. The zero-order chi connectivity index (χ0) is 17.6. The van der Waals surface area contributed by atoms with Gasteiger partial charge < -0.3 is 14.5 Å². The third-order valence-corrected chi connectivity index (χ3v) is 4.09. The van der Waals surface area contributed by atoms with Crippen LogP contribution in [0.2, 0.25) is 0 Å². The number of aromatic amines is 1. The van der Waals surface area contributed by atoms with Crippen molar-refractivity contribution in [2.45, 2.75) is 0 Å². The number of fused-ring (bicyclic) bond motifs is 3. The van der Waals surface area contributed by atoms with Gasteiger partial charge in [-0.3, -0.25) is 10.2 Å². The second-order valence-electron chi connectivity index (χ2n) is 5.51. The van der Waals surface area contributed by atoms with E-state index in [1.54, 1.807) is 42.5 Å². The summed E-state index contributed by atoms with van der Waals surface area (Å²) in [6.45, 7) is 0. The normalized spacial score (nSPS) is 10.8. The molecule has 0 spiro atoms. The topological polar surface area (TPSA) is 114 Å². The molecule has 0 bridgehead atoms. The maximum atomic E-state index is 12.7. The molecule has 4 aromatic rings. The fourth-order valence-corrected chi connectivity index (χ4v) is 3.00. The van der Waals surface area contributed by atoms with Gasteiger partial charge in [-0.15, -0.1) is 0 Å². The summed E-state index contributed by atoms with van der Waals surface area (Å²) in [5.74, 6) is -0.0848. The van der Waals surface area contributed by atoms with Crippen molar-refractivity contribution in [2.75, 3.05) is 0 Å². The number of phenols is 1. The monoisotopic (exact) mass is 329 g/mol. The number of nitrogens with zero attached hydrogens (tertiary/aromatic N) is 1. The number of phenolic OH excluding ortho intramolecular Hbond substituents is 1. The summed E-state index contributed by atoms with van der Waals surface area (Å²) in [6, 6.07) is 15.4. The van der Waals surface area contributed by atoms with Gasteiger partial charge in [0.15, 0.2) is 5.58 Å². The van der Waals surface area contributed by atoms with E-state index in [0.29, 0.717) is 16.5 Å². The molecule has 0 fully saturated rings. The molecule has 6 nitrogen and oxygen atoms in total. The van der Waals surface area contributed by atoms with Crippen LogP contribution >= 0.6 is 0 Å². The highest BCUT2D eigenvalue weighted by Gasteiger charge is 2.21. The molecule has 0 atom stereocenters. The average Bonchev–Trinajstić information content (AvgIpc) is 2.61. The van der Waals surface area contributed by atoms with Crippen molar-refractivity contribution in [2.24, 2.45) is 0 Å². The van der Waals surface area contributed by atoms with Crippen LogP contribution in [-0.2, 0) is 0 Å². The highest BCUT2D eigenvalue weighted by Crippen LogP contribution is 2.35. The lowest BCUT2D eigenvalue weighted by Gasteiger charge is -2.11. The highest BCUT2D eigenvalue weighted by atomic mass is 16.3. The van der Waals surface area contributed by atoms with Gasteiger partial charge in [0.25, 0.3) is 5.56 Å². The molecule has 0 saturated heterocycles. The molecule has 0 unspecified atom stereocenters. The Morgan fingerprint density at radius 1 is 1.12 bits per heavy atom. The van der Waals surface area contributed by atoms with E-state index in [-0.39, 0.29) is 33.4 Å². The van der Waals surface area contributed by atoms with Gasteiger partial charge in [0.2, 0.25) is 5.55 Å². The molecular formula is C19H11N3O3. The Balaban J connectivity index is 2.35. The molecule has 2 heterocycles. The zero-order valence-corrected chi connectivity index (χ0v) is 12.8. The van der Waals surface area contributed by atoms with Crippen LogP contribution in [-0.4, -0.2) is 10.1 Å². The number of nitriles is 1. The van der Waals surface area contributed by atoms with E-state index in [0.717, 1.165) is 0 Å². The SMILES string of the molecule is N#Cc1c(-c2ccccc2O)c2c(=O)[nH]c3ccccc3c2oc1=N. The Bertz CT molecular complexity index is 1310. The van der Waals surface area contributed by atoms with Crippen LogP contribution in [0.3, 0.4) is 0 Å². The predicted octanol–water partition coefficient (Wildman–Crippen LogP) is 3.00. The van der Waals surface area contributed by atoms with Crippen molar-refractivity contribution in [3.63, 3.8) is 0 Å². The fraction of sp³-hybridized carbons (Fsp3) is 0. The standard InChI is InChI=1S/C19H11N3O3/c20-9-12-15(11-6-2-4-8-14(11)23)16-17(25-18(12)21)10-5-1-3-7-13(10)22-19(16)24/h1-8,21,23H,(H,22,24). The molecule has 0 amide bonds. The first-order valence-electron chi connectivity index (χ1n) is 7.46. The van der Waals surface area contributed by atoms with Crippen molar-refractivity contribution in [1.29, 1.82) is 10.7 Å². The first-order valence-corrected chi connectivity index (χ1v) is 7.46. The number of para-hydroxylation sites is 2. The number of hydrogen-bond donors (Lipinski definition) is 3. The number of rotatable bonds is 1. The molecule has 2 aromatic heterocycles. The van der Waals surface area contributed by atoms with Gasteiger partial charge in [-0.1, -0.05) is 30.3 Å². The molecule has 2 aromatic carbocycles. The first kappa shape index (κ1) is 14.7. The summed E-state index contributed by atoms with van der Waals surface area (Å²) in [5.41, 5.74) is 0.358. The number of aromatic nitrogens is 1. The van der Waals surface area contributed by atoms with Crippen molar-refractivity contribution in [3.05, 3.63) is 70.0 Å². The Kier molecular flexibility index (Phi) is 3.15. The van der Waals surface area contributed by atoms with Gasteiger partial charge >= 0.3 is 0 Å². The van der Waals surface area contributed by atoms with E-state index >= 15 is 0 Å². The second-order valence-corrected chi connectivity index (χ2v) is 5.51. The fourth-order valence-electron chi connectivity index (χ4n) is 3.00. The lowest BCUT2D eigenvalue weighted by atomic mass is 9.96. The Morgan fingerprint density at radius 3 is 2.60 bits per heavy atom. The van der Waals surface area contributed by atoms with E-state index in [2.05, 4.69) is 4.98 Å². The van der Waals surface area contributed by atoms with Gasteiger partial charge in [0, 0.05) is 16.5 Å². The molecule has 4 rings (SSSR count). The third-order valence-electron chi connectivity index (χ3n) is 4.09. The van der Waals surface area contributed by atoms with Crippen LogP contribution in [0.5, 0.6) is 5.75 Å². The summed E-state index contributed by atoms with van der Waals surface area (Å²) in [6.07, 6.45) is 0. The third kappa shape index (κ3) is 2.11. The van der Waals surface area contributed by atoms with E-state index < -0.39 is 5.56 Å². The number of nitrogens with one attached hydrogen (secondary N) is 2. The molecule has 120 valence electrons. The minimum Gasteiger partial charge on any atom is -0.507 e. The Morgan fingerprint density at radius 2 is 1.84 bits per heavy atom. The van der Waals surface area contributed by atoms with Gasteiger partial charge in [0.1, 0.15) is 17.4 Å². The second kappa shape index (κ2) is 5.35. The van der Waals surface area contributed by atoms with E-state index in [1.807, 2.05) is 6.07 Å². The van der Waals surface area contributed by atoms with Crippen LogP contribution < -0.4 is 11.1 Å². The first-order chi connectivity index (χ1) is 12.1. The smallest absolute Gasteiger partial charge is 0.260 e. The van der Waals surface area contributed by atoms with Crippen LogP contribution in [0.4, 0.5) is 0 Å². The Hall–Kier alpha value is -3.85. The summed E-state index contributed by atoms with van der Waals surface area (Å²) in [4.78, 5) is 15.5. The van der Waals surface area contributed by atoms with Crippen LogP contribution in [0, 0.1) is 16.7 Å². The number of hydrogen-bond acceptors (Lipinski definition) is 5. The largest absolute Gasteiger partial charge is 0.507 e. The molecule has 0 radical (unpaired) electrons. The number of benzene rings is 2. The molecule has 3 N–H and O–H groups in total. The van der Waals surface area contributed by atoms with E-state index in [4.69, 9.17) is 9.83 Å². The van der Waals surface area contributed by atoms with Crippen molar-refractivity contribution in [3.8, 4) is 22.9 Å². The molecular weight excluding hydrogens is 318 g/mol. The average molecular weight is 329 g/mol. The van der Waals surface area contributed by atoms with Gasteiger partial charge in [0.05, 0.1) is 10.9 Å². The molecule has 0 saturated carbocycles. The Labute approximate surface area is 140 Å². The van der Waals surface area contributed by atoms with Gasteiger partial charge in [-0.25, -0.2) is 0 Å². The molecule has 0 aliphatic rings. The van der Waals surface area contributed by atoms with Crippen molar-refractivity contribution < 1.29 is 9.52 Å². The maximum Gasteiger partial charge on any atom is 0.260 e. The number of H-pyrrole nitrogens is 1. The molecule has 6 heteroatoms. The van der Waals surface area contributed by atoms with Crippen molar-refractivity contribution in [1.82, 2.24) is 4.98 Å². The van der Waals surface area contributed by atoms with E-state index in [1.165, 1.54) is 6.07 Å². The number of aromatic hydroxyl groups is 1. The quantitative estimate of drug-likeness (QED) is 0.466. The molecule has 0 aliphatic carbocycles. The van der Waals surface area contributed by atoms with Crippen LogP contribution in [0.15, 0.2) is 57.7 Å². The molecule has 25 heavy (non-hydrogen) atoms. The van der Waals surface area contributed by atoms with Gasteiger partial charge in [-0.05, 0) is 18.2 Å². The minimum atomic E-state index is -0.452.